The summed E-state index contributed by atoms with van der Waals surface area (Å²) in [6.07, 6.45) is 11.2. The number of rotatable bonds is 4. The highest BCUT2D eigenvalue weighted by Crippen LogP contribution is 2.29. The van der Waals surface area contributed by atoms with Gasteiger partial charge < -0.3 is 4.90 Å². The number of hydrogen-bond acceptors (Lipinski definition) is 5. The molecule has 5 heterocycles. The van der Waals surface area contributed by atoms with E-state index in [0.717, 1.165) is 59.3 Å². The van der Waals surface area contributed by atoms with E-state index in [1.807, 2.05) is 35.4 Å². The molecule has 1 saturated heterocycles. The van der Waals surface area contributed by atoms with Crippen LogP contribution < -0.4 is 0 Å². The predicted octanol–water partition coefficient (Wildman–Crippen LogP) is 4.04. The number of nitrogens with zero attached hydrogens (tertiary/aromatic N) is 5. The van der Waals surface area contributed by atoms with Crippen LogP contribution in [0.1, 0.15) is 30.0 Å². The maximum atomic E-state index is 12.6. The summed E-state index contributed by atoms with van der Waals surface area (Å²) in [5.74, 6) is 0.525. The van der Waals surface area contributed by atoms with Crippen molar-refractivity contribution in [1.82, 2.24) is 24.8 Å². The molecule has 0 aliphatic carbocycles. The summed E-state index contributed by atoms with van der Waals surface area (Å²) in [4.78, 5) is 32.2. The second-order valence-corrected chi connectivity index (χ2v) is 7.94. The van der Waals surface area contributed by atoms with Crippen molar-refractivity contribution < 1.29 is 4.79 Å². The van der Waals surface area contributed by atoms with E-state index in [4.69, 9.17) is 4.98 Å². The molecule has 1 aliphatic rings. The number of hydrogen-bond donors (Lipinski definition) is 0. The van der Waals surface area contributed by atoms with Crippen molar-refractivity contribution in [2.75, 3.05) is 13.1 Å². The fourth-order valence-electron chi connectivity index (χ4n) is 4.17. The van der Waals surface area contributed by atoms with E-state index in [9.17, 15) is 4.79 Å². The number of piperidine rings is 1. The summed E-state index contributed by atoms with van der Waals surface area (Å²) < 4.78 is 0. The highest BCUT2D eigenvalue weighted by Gasteiger charge is 2.25. The molecule has 4 aromatic heterocycles. The number of aromatic nitrogens is 4. The molecule has 0 aromatic carbocycles. The van der Waals surface area contributed by atoms with Gasteiger partial charge in [-0.3, -0.25) is 14.8 Å². The molecule has 6 heteroatoms. The Morgan fingerprint density at radius 2 is 1.77 bits per heavy atom. The Hall–Kier alpha value is -3.67. The summed E-state index contributed by atoms with van der Waals surface area (Å²) in [5, 5.41) is 1.03. The lowest BCUT2D eigenvalue weighted by Gasteiger charge is -2.32. The highest BCUT2D eigenvalue weighted by molar-refractivity contribution is 5.81. The van der Waals surface area contributed by atoms with Gasteiger partial charge in [0.05, 0.1) is 6.42 Å². The Bertz CT molecular complexity index is 1190. The van der Waals surface area contributed by atoms with E-state index in [2.05, 4.69) is 33.2 Å². The zero-order valence-corrected chi connectivity index (χ0v) is 17.2. The maximum Gasteiger partial charge on any atom is 0.227 e. The SMILES string of the molecule is O=C(Cc1cccnc1)N1CCC(c2ccc3cc(-c4ccncc4)cnc3n2)CC1. The minimum Gasteiger partial charge on any atom is -0.342 e. The minimum absolute atomic E-state index is 0.170. The van der Waals surface area contributed by atoms with Crippen molar-refractivity contribution in [3.63, 3.8) is 0 Å². The van der Waals surface area contributed by atoms with Gasteiger partial charge >= 0.3 is 0 Å². The molecule has 0 saturated carbocycles. The third kappa shape index (κ3) is 4.28. The first-order valence-corrected chi connectivity index (χ1v) is 10.6. The molecular formula is C25H23N5O. The smallest absolute Gasteiger partial charge is 0.227 e. The van der Waals surface area contributed by atoms with Crippen molar-refractivity contribution in [2.24, 2.45) is 0 Å². The molecule has 0 N–H and O–H groups in total. The van der Waals surface area contributed by atoms with Crippen LogP contribution in [0.25, 0.3) is 22.2 Å². The number of carbonyl (C=O) groups excluding carboxylic acids is 1. The Morgan fingerprint density at radius 1 is 0.935 bits per heavy atom. The second kappa shape index (κ2) is 8.60. The van der Waals surface area contributed by atoms with Crippen LogP contribution in [-0.4, -0.2) is 43.8 Å². The predicted molar refractivity (Wildman–Crippen MR) is 119 cm³/mol. The van der Waals surface area contributed by atoms with Crippen molar-refractivity contribution in [1.29, 1.82) is 0 Å². The monoisotopic (exact) mass is 409 g/mol. The lowest BCUT2D eigenvalue weighted by Crippen LogP contribution is -2.38. The van der Waals surface area contributed by atoms with E-state index in [0.29, 0.717) is 12.3 Å². The largest absolute Gasteiger partial charge is 0.342 e. The average molecular weight is 409 g/mol. The molecule has 0 spiro atoms. The fraction of sp³-hybridized carbons (Fsp3) is 0.240. The first-order chi connectivity index (χ1) is 15.3. The van der Waals surface area contributed by atoms with Crippen LogP contribution in [0, 0.1) is 0 Å². The van der Waals surface area contributed by atoms with Crippen LogP contribution in [0.2, 0.25) is 0 Å². The lowest BCUT2D eigenvalue weighted by molar-refractivity contribution is -0.131. The second-order valence-electron chi connectivity index (χ2n) is 7.94. The molecule has 154 valence electrons. The van der Waals surface area contributed by atoms with Gasteiger partial charge in [0.1, 0.15) is 0 Å². The van der Waals surface area contributed by atoms with Crippen molar-refractivity contribution in [3.8, 4) is 11.1 Å². The van der Waals surface area contributed by atoms with Crippen LogP contribution >= 0.6 is 0 Å². The molecular weight excluding hydrogens is 386 g/mol. The topological polar surface area (TPSA) is 71.9 Å². The first-order valence-electron chi connectivity index (χ1n) is 10.6. The standard InChI is InChI=1S/C25H23N5O/c31-24(14-18-2-1-9-27-16-18)30-12-7-20(8-13-30)23-4-3-21-15-22(17-28-25(21)29-23)19-5-10-26-11-6-19/h1-6,9-11,15-17,20H,7-8,12-14H2. The lowest BCUT2D eigenvalue weighted by atomic mass is 9.92. The molecule has 0 bridgehead atoms. The number of amides is 1. The molecule has 0 unspecified atom stereocenters. The quantitative estimate of drug-likeness (QED) is 0.509. The Morgan fingerprint density at radius 3 is 2.55 bits per heavy atom. The molecule has 1 fully saturated rings. The van der Waals surface area contributed by atoms with E-state index in [1.54, 1.807) is 24.8 Å². The van der Waals surface area contributed by atoms with Crippen molar-refractivity contribution in [3.05, 3.63) is 84.7 Å². The minimum atomic E-state index is 0.170. The third-order valence-corrected chi connectivity index (χ3v) is 5.92. The molecule has 0 atom stereocenters. The zero-order valence-electron chi connectivity index (χ0n) is 17.2. The van der Waals surface area contributed by atoms with E-state index in [1.165, 1.54) is 0 Å². The van der Waals surface area contributed by atoms with Gasteiger partial charge in [-0.05, 0) is 60.4 Å². The summed E-state index contributed by atoms with van der Waals surface area (Å²) in [6.45, 7) is 1.52. The molecule has 1 amide bonds. The fourth-order valence-corrected chi connectivity index (χ4v) is 4.17. The zero-order chi connectivity index (χ0) is 21.0. The first kappa shape index (κ1) is 19.3. The molecule has 5 rings (SSSR count). The molecule has 6 nitrogen and oxygen atoms in total. The van der Waals surface area contributed by atoms with E-state index in [-0.39, 0.29) is 5.91 Å². The van der Waals surface area contributed by atoms with Gasteiger partial charge in [0.25, 0.3) is 0 Å². The van der Waals surface area contributed by atoms with Gasteiger partial charge in [-0.1, -0.05) is 6.07 Å². The third-order valence-electron chi connectivity index (χ3n) is 5.92. The van der Waals surface area contributed by atoms with Gasteiger partial charge in [-0.15, -0.1) is 0 Å². The number of fused-ring (bicyclic) bond motifs is 1. The van der Waals surface area contributed by atoms with E-state index >= 15 is 0 Å². The van der Waals surface area contributed by atoms with Gasteiger partial charge in [-0.25, -0.2) is 9.97 Å². The van der Waals surface area contributed by atoms with Gasteiger partial charge in [0.15, 0.2) is 5.65 Å². The average Bonchev–Trinajstić information content (AvgIpc) is 2.84. The Balaban J connectivity index is 1.26. The van der Waals surface area contributed by atoms with Crippen molar-refractivity contribution >= 4 is 16.9 Å². The van der Waals surface area contributed by atoms with Gasteiger partial charge in [-0.2, -0.15) is 0 Å². The molecule has 0 radical (unpaired) electrons. The summed E-state index contributed by atoms with van der Waals surface area (Å²) in [7, 11) is 0. The van der Waals surface area contributed by atoms with Crippen LogP contribution in [0.15, 0.2) is 73.4 Å². The maximum absolute atomic E-state index is 12.6. The summed E-state index contributed by atoms with van der Waals surface area (Å²) in [5.41, 5.74) is 4.95. The van der Waals surface area contributed by atoms with Crippen LogP contribution in [0.3, 0.4) is 0 Å². The Labute approximate surface area is 181 Å². The van der Waals surface area contributed by atoms with Crippen LogP contribution in [0.5, 0.6) is 0 Å². The summed E-state index contributed by atoms with van der Waals surface area (Å²) >= 11 is 0. The molecule has 31 heavy (non-hydrogen) atoms. The van der Waals surface area contributed by atoms with Crippen molar-refractivity contribution in [2.45, 2.75) is 25.2 Å². The number of likely N-dealkylation sites (tertiary alicyclic amines) is 1. The molecule has 4 aromatic rings. The van der Waals surface area contributed by atoms with E-state index < -0.39 is 0 Å². The molecule has 1 aliphatic heterocycles. The van der Waals surface area contributed by atoms with Gasteiger partial charge in [0.2, 0.25) is 5.91 Å². The Kier molecular flexibility index (Phi) is 5.35. The van der Waals surface area contributed by atoms with Gasteiger partial charge in [0, 0.05) is 66.6 Å². The highest BCUT2D eigenvalue weighted by atomic mass is 16.2. The van der Waals surface area contributed by atoms with Crippen LogP contribution in [0.4, 0.5) is 0 Å². The normalized spacial score (nSPS) is 14.6. The number of pyridine rings is 4. The van der Waals surface area contributed by atoms with Crippen LogP contribution in [-0.2, 0) is 11.2 Å². The number of carbonyl (C=O) groups is 1. The summed E-state index contributed by atoms with van der Waals surface area (Å²) in [6, 6.07) is 14.1.